The van der Waals surface area contributed by atoms with Gasteiger partial charge in [0.2, 0.25) is 11.8 Å². The zero-order valence-electron chi connectivity index (χ0n) is 19.2. The Morgan fingerprint density at radius 2 is 1.80 bits per heavy atom. The van der Waals surface area contributed by atoms with Gasteiger partial charge in [-0.25, -0.2) is 23.1 Å². The molecule has 3 aromatic heterocycles. The Kier molecular flexibility index (Phi) is 8.74. The molecule has 0 saturated heterocycles. The fraction of sp³-hybridized carbons (Fsp3) is 0.250. The number of aliphatic hydroxyl groups is 1. The number of alkyl halides is 2. The van der Waals surface area contributed by atoms with Crippen LogP contribution in [0.5, 0.6) is 5.88 Å². The van der Waals surface area contributed by atoms with E-state index in [2.05, 4.69) is 24.9 Å². The molecule has 0 unspecified atom stereocenters. The van der Waals surface area contributed by atoms with Crippen LogP contribution >= 0.6 is 0 Å². The highest BCUT2D eigenvalue weighted by molar-refractivity contribution is 5.85. The molecule has 0 saturated carbocycles. The van der Waals surface area contributed by atoms with Crippen molar-refractivity contribution in [3.63, 3.8) is 0 Å². The van der Waals surface area contributed by atoms with Gasteiger partial charge in [0.05, 0.1) is 11.3 Å². The number of nitrogen functional groups attached to an aromatic ring is 1. The second kappa shape index (κ2) is 11.9. The number of nitrogens with two attached hydrogens (primary N) is 1. The molecule has 0 radical (unpaired) electrons. The second-order valence-corrected chi connectivity index (χ2v) is 7.39. The van der Waals surface area contributed by atoms with Gasteiger partial charge in [0.1, 0.15) is 23.9 Å². The molecule has 0 aliphatic heterocycles. The SMILES string of the molecule is CCCO.Cc1cc(-c2c(OCc3ncc[nH]3)nc(N)nc2-c2ccc(F)cc2)cc(C(F)F)n1. The summed E-state index contributed by atoms with van der Waals surface area (Å²) < 4.78 is 46.1. The number of pyridine rings is 1. The molecule has 0 spiro atoms. The lowest BCUT2D eigenvalue weighted by Crippen LogP contribution is -2.07. The van der Waals surface area contributed by atoms with Crippen LogP contribution in [-0.2, 0) is 6.61 Å². The Hall–Kier alpha value is -3.99. The van der Waals surface area contributed by atoms with E-state index in [1.807, 2.05) is 6.92 Å². The second-order valence-electron chi connectivity index (χ2n) is 7.39. The molecule has 184 valence electrons. The molecule has 1 aromatic carbocycles. The molecule has 0 fully saturated rings. The van der Waals surface area contributed by atoms with Crippen molar-refractivity contribution < 1.29 is 23.0 Å². The molecule has 35 heavy (non-hydrogen) atoms. The number of halogens is 3. The Balaban J connectivity index is 0.000000795. The summed E-state index contributed by atoms with van der Waals surface area (Å²) >= 11 is 0. The third-order valence-corrected chi connectivity index (χ3v) is 4.62. The summed E-state index contributed by atoms with van der Waals surface area (Å²) in [6.45, 7) is 3.89. The number of hydrogen-bond donors (Lipinski definition) is 3. The minimum Gasteiger partial charge on any atom is -0.469 e. The predicted molar refractivity (Wildman–Crippen MR) is 125 cm³/mol. The molecule has 11 heteroatoms. The number of aromatic nitrogens is 5. The van der Waals surface area contributed by atoms with Crippen LogP contribution in [0.25, 0.3) is 22.4 Å². The minimum atomic E-state index is -2.77. The van der Waals surface area contributed by atoms with Crippen molar-refractivity contribution in [3.05, 3.63) is 71.8 Å². The molecule has 0 aliphatic carbocycles. The highest BCUT2D eigenvalue weighted by atomic mass is 19.3. The molecular formula is C24H25F3N6O2. The molecule has 0 bridgehead atoms. The van der Waals surface area contributed by atoms with Gasteiger partial charge in [-0.3, -0.25) is 4.98 Å². The van der Waals surface area contributed by atoms with Crippen molar-refractivity contribution in [3.8, 4) is 28.3 Å². The van der Waals surface area contributed by atoms with Gasteiger partial charge in [0.15, 0.2) is 0 Å². The molecule has 0 aliphatic rings. The van der Waals surface area contributed by atoms with Crippen LogP contribution in [0.2, 0.25) is 0 Å². The first-order valence-electron chi connectivity index (χ1n) is 10.7. The van der Waals surface area contributed by atoms with E-state index in [1.165, 1.54) is 30.3 Å². The van der Waals surface area contributed by atoms with E-state index in [0.29, 0.717) is 40.5 Å². The standard InChI is InChI=1S/C21H17F3N6O.C3H8O/c1-11-8-13(9-15(28-11)19(23)24)17-18(12-2-4-14(22)5-3-12)29-21(25)30-20(17)31-10-16-26-6-7-27-16;1-2-3-4/h2-9,19H,10H2,1H3,(H,26,27)(H2,25,29,30);4H,2-3H2,1H3. The summed E-state index contributed by atoms with van der Waals surface area (Å²) in [7, 11) is 0. The molecule has 3 heterocycles. The number of H-pyrrole nitrogens is 1. The average Bonchev–Trinajstić information content (AvgIpc) is 3.36. The third-order valence-electron chi connectivity index (χ3n) is 4.62. The number of rotatable bonds is 7. The summed E-state index contributed by atoms with van der Waals surface area (Å²) in [5, 5.41) is 7.88. The van der Waals surface area contributed by atoms with Crippen LogP contribution in [0.4, 0.5) is 19.1 Å². The van der Waals surface area contributed by atoms with Crippen LogP contribution in [0.15, 0.2) is 48.8 Å². The van der Waals surface area contributed by atoms with Crippen LogP contribution in [0, 0.1) is 12.7 Å². The monoisotopic (exact) mass is 486 g/mol. The molecule has 4 rings (SSSR count). The van der Waals surface area contributed by atoms with Gasteiger partial charge in [-0.05, 0) is 55.3 Å². The highest BCUT2D eigenvalue weighted by Crippen LogP contribution is 2.39. The van der Waals surface area contributed by atoms with Gasteiger partial charge in [-0.2, -0.15) is 4.98 Å². The van der Waals surface area contributed by atoms with Gasteiger partial charge < -0.3 is 20.6 Å². The average molecular weight is 486 g/mol. The zero-order valence-corrected chi connectivity index (χ0v) is 19.2. The fourth-order valence-corrected chi connectivity index (χ4v) is 3.10. The smallest absolute Gasteiger partial charge is 0.280 e. The van der Waals surface area contributed by atoms with Crippen molar-refractivity contribution >= 4 is 5.95 Å². The van der Waals surface area contributed by atoms with E-state index in [0.717, 1.165) is 6.42 Å². The number of imidazole rings is 1. The van der Waals surface area contributed by atoms with E-state index in [1.54, 1.807) is 25.4 Å². The summed E-state index contributed by atoms with van der Waals surface area (Å²) in [5.41, 5.74) is 7.42. The van der Waals surface area contributed by atoms with Crippen LogP contribution < -0.4 is 10.5 Å². The number of aromatic amines is 1. The van der Waals surface area contributed by atoms with E-state index in [9.17, 15) is 13.2 Å². The quantitative estimate of drug-likeness (QED) is 0.341. The molecule has 0 amide bonds. The summed E-state index contributed by atoms with van der Waals surface area (Å²) in [6, 6.07) is 8.43. The van der Waals surface area contributed by atoms with Gasteiger partial charge in [-0.1, -0.05) is 6.92 Å². The number of ether oxygens (including phenoxy) is 1. The molecule has 4 aromatic rings. The van der Waals surface area contributed by atoms with Crippen molar-refractivity contribution in [2.45, 2.75) is 33.3 Å². The van der Waals surface area contributed by atoms with Crippen molar-refractivity contribution in [2.75, 3.05) is 12.3 Å². The van der Waals surface area contributed by atoms with Gasteiger partial charge in [-0.15, -0.1) is 0 Å². The topological polar surface area (TPSA) is 123 Å². The number of anilines is 1. The number of hydrogen-bond acceptors (Lipinski definition) is 7. The number of aliphatic hydroxyl groups excluding tert-OH is 1. The van der Waals surface area contributed by atoms with E-state index in [4.69, 9.17) is 15.6 Å². The number of nitrogens with one attached hydrogen (secondary N) is 1. The Bertz CT molecular complexity index is 1230. The first-order valence-corrected chi connectivity index (χ1v) is 10.7. The minimum absolute atomic E-state index is 0.0328. The first-order chi connectivity index (χ1) is 16.8. The van der Waals surface area contributed by atoms with E-state index < -0.39 is 17.9 Å². The predicted octanol–water partition coefficient (Wildman–Crippen LogP) is 4.86. The van der Waals surface area contributed by atoms with Crippen LogP contribution in [-0.4, -0.2) is 36.6 Å². The Morgan fingerprint density at radius 3 is 2.40 bits per heavy atom. The lowest BCUT2D eigenvalue weighted by atomic mass is 9.99. The van der Waals surface area contributed by atoms with Crippen LogP contribution in [0.3, 0.4) is 0 Å². The highest BCUT2D eigenvalue weighted by Gasteiger charge is 2.21. The molecule has 8 nitrogen and oxygen atoms in total. The Morgan fingerprint density at radius 1 is 1.09 bits per heavy atom. The lowest BCUT2D eigenvalue weighted by Gasteiger charge is -2.16. The normalized spacial score (nSPS) is 10.7. The van der Waals surface area contributed by atoms with Crippen LogP contribution in [0.1, 0.15) is 37.0 Å². The summed E-state index contributed by atoms with van der Waals surface area (Å²) in [6.07, 6.45) is 1.31. The zero-order chi connectivity index (χ0) is 25.4. The van der Waals surface area contributed by atoms with Gasteiger partial charge in [0, 0.05) is 30.3 Å². The number of aryl methyl sites for hydroxylation is 1. The third kappa shape index (κ3) is 6.76. The van der Waals surface area contributed by atoms with E-state index >= 15 is 0 Å². The summed E-state index contributed by atoms with van der Waals surface area (Å²) in [5.74, 6) is 0.0958. The number of nitrogens with zero attached hydrogens (tertiary/aromatic N) is 4. The van der Waals surface area contributed by atoms with Crippen molar-refractivity contribution in [1.82, 2.24) is 24.9 Å². The largest absolute Gasteiger partial charge is 0.469 e. The first kappa shape index (κ1) is 25.6. The summed E-state index contributed by atoms with van der Waals surface area (Å²) in [4.78, 5) is 19.4. The van der Waals surface area contributed by atoms with Crippen molar-refractivity contribution in [2.24, 2.45) is 0 Å². The molecule has 4 N–H and O–H groups in total. The maximum Gasteiger partial charge on any atom is 0.280 e. The van der Waals surface area contributed by atoms with Crippen molar-refractivity contribution in [1.29, 1.82) is 0 Å². The van der Waals surface area contributed by atoms with Gasteiger partial charge in [0.25, 0.3) is 6.43 Å². The lowest BCUT2D eigenvalue weighted by molar-refractivity contribution is 0.146. The number of benzene rings is 1. The molecular weight excluding hydrogens is 461 g/mol. The molecule has 0 atom stereocenters. The maximum atomic E-state index is 13.5. The Labute approximate surface area is 200 Å². The van der Waals surface area contributed by atoms with Gasteiger partial charge >= 0.3 is 0 Å². The maximum absolute atomic E-state index is 13.5. The fourth-order valence-electron chi connectivity index (χ4n) is 3.10. The van der Waals surface area contributed by atoms with E-state index in [-0.39, 0.29) is 18.4 Å².